The van der Waals surface area contributed by atoms with E-state index in [-0.39, 0.29) is 0 Å². The van der Waals surface area contributed by atoms with E-state index in [1.165, 1.54) is 6.07 Å². The van der Waals surface area contributed by atoms with E-state index < -0.39 is 11.9 Å². The van der Waals surface area contributed by atoms with Crippen molar-refractivity contribution in [3.63, 3.8) is 0 Å². The zero-order valence-corrected chi connectivity index (χ0v) is 8.07. The summed E-state index contributed by atoms with van der Waals surface area (Å²) in [6.45, 7) is 0.401. The number of fused-ring (bicyclic) bond motifs is 1. The molecule has 0 aliphatic rings. The summed E-state index contributed by atoms with van der Waals surface area (Å²) < 4.78 is 12.8. The van der Waals surface area contributed by atoms with Crippen LogP contribution in [0.1, 0.15) is 18.2 Å². The SMILES string of the molecule is NCCC(O)c1cc2ncc(F)cc2[nH]1. The molecule has 0 saturated carbocycles. The molecule has 2 aromatic rings. The van der Waals surface area contributed by atoms with Gasteiger partial charge in [0, 0.05) is 11.8 Å². The highest BCUT2D eigenvalue weighted by molar-refractivity contribution is 5.75. The van der Waals surface area contributed by atoms with Gasteiger partial charge in [0.1, 0.15) is 5.82 Å². The molecule has 0 aliphatic carbocycles. The highest BCUT2D eigenvalue weighted by Crippen LogP contribution is 2.20. The van der Waals surface area contributed by atoms with Gasteiger partial charge in [0.15, 0.2) is 0 Å². The van der Waals surface area contributed by atoms with Crippen LogP contribution in [0.5, 0.6) is 0 Å². The van der Waals surface area contributed by atoms with Crippen LogP contribution >= 0.6 is 0 Å². The molecule has 0 aliphatic heterocycles. The Morgan fingerprint density at radius 1 is 1.53 bits per heavy atom. The molecule has 0 bridgehead atoms. The normalized spacial score (nSPS) is 13.3. The molecule has 0 amide bonds. The Bertz CT molecular complexity index is 469. The van der Waals surface area contributed by atoms with E-state index in [0.29, 0.717) is 29.7 Å². The molecule has 2 heterocycles. The third kappa shape index (κ3) is 1.98. The Labute approximate surface area is 85.9 Å². The van der Waals surface area contributed by atoms with Crippen molar-refractivity contribution in [3.05, 3.63) is 29.8 Å². The number of aliphatic hydroxyl groups excluding tert-OH is 1. The molecular weight excluding hydrogens is 197 g/mol. The van der Waals surface area contributed by atoms with Gasteiger partial charge >= 0.3 is 0 Å². The van der Waals surface area contributed by atoms with E-state index >= 15 is 0 Å². The standard InChI is InChI=1S/C10H12FN3O/c11-6-3-8-7(13-5-6)4-9(14-8)10(15)1-2-12/h3-5,10,14-15H,1-2,12H2. The van der Waals surface area contributed by atoms with E-state index in [9.17, 15) is 9.50 Å². The van der Waals surface area contributed by atoms with Crippen LogP contribution in [0.15, 0.2) is 18.3 Å². The molecule has 2 aromatic heterocycles. The fourth-order valence-electron chi connectivity index (χ4n) is 1.50. The fraction of sp³-hybridized carbons (Fsp3) is 0.300. The van der Waals surface area contributed by atoms with E-state index in [1.807, 2.05) is 0 Å². The molecule has 4 N–H and O–H groups in total. The van der Waals surface area contributed by atoms with Crippen LogP contribution < -0.4 is 5.73 Å². The molecule has 4 nitrogen and oxygen atoms in total. The molecule has 1 unspecified atom stereocenters. The molecule has 0 aromatic carbocycles. The fourth-order valence-corrected chi connectivity index (χ4v) is 1.50. The third-order valence-electron chi connectivity index (χ3n) is 2.26. The number of aromatic amines is 1. The van der Waals surface area contributed by atoms with Crippen LogP contribution in [0.4, 0.5) is 4.39 Å². The van der Waals surface area contributed by atoms with Crippen LogP contribution in [-0.4, -0.2) is 21.6 Å². The molecule has 15 heavy (non-hydrogen) atoms. The first kappa shape index (κ1) is 10.1. The number of hydrogen-bond donors (Lipinski definition) is 3. The summed E-state index contributed by atoms with van der Waals surface area (Å²) in [6.07, 6.45) is 0.970. The van der Waals surface area contributed by atoms with Crippen molar-refractivity contribution in [1.29, 1.82) is 0 Å². The number of rotatable bonds is 3. The van der Waals surface area contributed by atoms with Gasteiger partial charge in [0.2, 0.25) is 0 Å². The second-order valence-corrected chi connectivity index (χ2v) is 3.40. The van der Waals surface area contributed by atoms with Crippen molar-refractivity contribution < 1.29 is 9.50 Å². The Hall–Kier alpha value is -1.46. The highest BCUT2D eigenvalue weighted by Gasteiger charge is 2.10. The largest absolute Gasteiger partial charge is 0.387 e. The first-order valence-electron chi connectivity index (χ1n) is 4.73. The topological polar surface area (TPSA) is 74.9 Å². The summed E-state index contributed by atoms with van der Waals surface area (Å²) in [4.78, 5) is 6.81. The number of halogens is 1. The van der Waals surface area contributed by atoms with Crippen molar-refractivity contribution in [1.82, 2.24) is 9.97 Å². The Morgan fingerprint density at radius 3 is 3.07 bits per heavy atom. The minimum atomic E-state index is -0.646. The Kier molecular flexibility index (Phi) is 2.66. The smallest absolute Gasteiger partial charge is 0.143 e. The monoisotopic (exact) mass is 209 g/mol. The van der Waals surface area contributed by atoms with E-state index in [0.717, 1.165) is 6.20 Å². The van der Waals surface area contributed by atoms with Gasteiger partial charge in [-0.15, -0.1) is 0 Å². The quantitative estimate of drug-likeness (QED) is 0.708. The molecule has 1 atom stereocenters. The second-order valence-electron chi connectivity index (χ2n) is 3.40. The number of H-pyrrole nitrogens is 1. The summed E-state index contributed by atoms with van der Waals surface area (Å²) >= 11 is 0. The maximum Gasteiger partial charge on any atom is 0.143 e. The predicted molar refractivity (Wildman–Crippen MR) is 54.7 cm³/mol. The maximum atomic E-state index is 12.8. The average Bonchev–Trinajstić information content (AvgIpc) is 2.60. The second kappa shape index (κ2) is 3.96. The molecule has 0 radical (unpaired) electrons. The van der Waals surface area contributed by atoms with Gasteiger partial charge in [-0.25, -0.2) is 4.39 Å². The molecule has 0 fully saturated rings. The first-order chi connectivity index (χ1) is 7.20. The number of pyridine rings is 1. The van der Waals surface area contributed by atoms with Crippen molar-refractivity contribution in [2.45, 2.75) is 12.5 Å². The van der Waals surface area contributed by atoms with Crippen LogP contribution in [0.3, 0.4) is 0 Å². The van der Waals surface area contributed by atoms with E-state index in [2.05, 4.69) is 9.97 Å². The molecule has 2 rings (SSSR count). The van der Waals surface area contributed by atoms with Crippen molar-refractivity contribution in [2.75, 3.05) is 6.54 Å². The van der Waals surface area contributed by atoms with Gasteiger partial charge < -0.3 is 15.8 Å². The lowest BCUT2D eigenvalue weighted by atomic mass is 10.2. The third-order valence-corrected chi connectivity index (χ3v) is 2.26. The van der Waals surface area contributed by atoms with Crippen LogP contribution in [0.2, 0.25) is 0 Å². The lowest BCUT2D eigenvalue weighted by Gasteiger charge is -2.05. The Morgan fingerprint density at radius 2 is 2.33 bits per heavy atom. The highest BCUT2D eigenvalue weighted by atomic mass is 19.1. The number of nitrogens with two attached hydrogens (primary N) is 1. The first-order valence-corrected chi connectivity index (χ1v) is 4.73. The average molecular weight is 209 g/mol. The van der Waals surface area contributed by atoms with Crippen LogP contribution in [0, 0.1) is 5.82 Å². The van der Waals surface area contributed by atoms with E-state index in [1.54, 1.807) is 6.07 Å². The molecule has 5 heteroatoms. The zero-order chi connectivity index (χ0) is 10.8. The maximum absolute atomic E-state index is 12.8. The zero-order valence-electron chi connectivity index (χ0n) is 8.07. The van der Waals surface area contributed by atoms with Gasteiger partial charge in [0.25, 0.3) is 0 Å². The van der Waals surface area contributed by atoms with Crippen molar-refractivity contribution in [2.24, 2.45) is 5.73 Å². The number of aliphatic hydroxyl groups is 1. The van der Waals surface area contributed by atoms with Gasteiger partial charge in [-0.3, -0.25) is 4.98 Å². The van der Waals surface area contributed by atoms with Gasteiger partial charge in [-0.2, -0.15) is 0 Å². The van der Waals surface area contributed by atoms with Gasteiger partial charge in [-0.1, -0.05) is 0 Å². The summed E-state index contributed by atoms with van der Waals surface area (Å²) in [7, 11) is 0. The summed E-state index contributed by atoms with van der Waals surface area (Å²) in [5.41, 5.74) is 7.18. The molecule has 80 valence electrons. The number of nitrogens with zero attached hydrogens (tertiary/aromatic N) is 1. The number of aromatic nitrogens is 2. The number of hydrogen-bond acceptors (Lipinski definition) is 3. The van der Waals surface area contributed by atoms with Gasteiger partial charge in [-0.05, 0) is 19.0 Å². The van der Waals surface area contributed by atoms with Crippen LogP contribution in [-0.2, 0) is 0 Å². The summed E-state index contributed by atoms with van der Waals surface area (Å²) in [5.74, 6) is -0.399. The minimum absolute atomic E-state index is 0.399. The number of nitrogens with one attached hydrogen (secondary N) is 1. The van der Waals surface area contributed by atoms with E-state index in [4.69, 9.17) is 5.73 Å². The summed E-state index contributed by atoms with van der Waals surface area (Å²) in [6, 6.07) is 3.05. The molecule has 0 spiro atoms. The minimum Gasteiger partial charge on any atom is -0.387 e. The predicted octanol–water partition coefficient (Wildman–Crippen LogP) is 1.08. The molecule has 0 saturated heterocycles. The lowest BCUT2D eigenvalue weighted by Crippen LogP contribution is -2.06. The molecular formula is C10H12FN3O. The van der Waals surface area contributed by atoms with Gasteiger partial charge in [0.05, 0.1) is 23.3 Å². The summed E-state index contributed by atoms with van der Waals surface area (Å²) in [5, 5.41) is 9.66. The van der Waals surface area contributed by atoms with Crippen LogP contribution in [0.25, 0.3) is 11.0 Å². The van der Waals surface area contributed by atoms with Crippen molar-refractivity contribution in [3.8, 4) is 0 Å². The Balaban J connectivity index is 2.38. The van der Waals surface area contributed by atoms with Crippen molar-refractivity contribution >= 4 is 11.0 Å². The lowest BCUT2D eigenvalue weighted by molar-refractivity contribution is 0.166.